The third-order valence-electron chi connectivity index (χ3n) is 3.31. The van der Waals surface area contributed by atoms with E-state index in [4.69, 9.17) is 5.73 Å². The van der Waals surface area contributed by atoms with Crippen molar-refractivity contribution in [2.45, 2.75) is 18.7 Å². The number of hydrogen-bond donors (Lipinski definition) is 2. The number of anilines is 1. The molecule has 3 rings (SSSR count). The van der Waals surface area contributed by atoms with E-state index in [0.29, 0.717) is 0 Å². The Labute approximate surface area is 93.3 Å². The van der Waals surface area contributed by atoms with Gasteiger partial charge in [0.25, 0.3) is 0 Å². The number of rotatable bonds is 0. The Morgan fingerprint density at radius 1 is 1.47 bits per heavy atom. The summed E-state index contributed by atoms with van der Waals surface area (Å²) in [4.78, 5) is 2.31. The number of nitrogens with zero attached hydrogens (tertiary/aromatic N) is 1. The molecule has 0 saturated carbocycles. The molecule has 0 radical (unpaired) electrons. The molecule has 4 heteroatoms. The third kappa shape index (κ3) is 1.36. The zero-order valence-electron chi connectivity index (χ0n) is 8.39. The topological polar surface area (TPSA) is 49.5 Å². The molecule has 3 N–H and O–H groups in total. The minimum atomic E-state index is -0.368. The van der Waals surface area contributed by atoms with Crippen LogP contribution >= 0.6 is 11.8 Å². The minimum Gasteiger partial charge on any atom is -0.398 e. The fraction of sp³-hybridized carbons (Fsp3) is 0.455. The molecule has 3 nitrogen and oxygen atoms in total. The lowest BCUT2D eigenvalue weighted by Crippen LogP contribution is -2.40. The average Bonchev–Trinajstić information content (AvgIpc) is 2.68. The highest BCUT2D eigenvalue weighted by Gasteiger charge is 2.37. The number of aliphatic hydroxyl groups is 1. The van der Waals surface area contributed by atoms with Crippen LogP contribution in [0.15, 0.2) is 18.2 Å². The van der Waals surface area contributed by atoms with Gasteiger partial charge in [-0.15, -0.1) is 11.8 Å². The van der Waals surface area contributed by atoms with Crippen LogP contribution in [-0.4, -0.2) is 27.7 Å². The van der Waals surface area contributed by atoms with Gasteiger partial charge in [-0.25, -0.2) is 0 Å². The fourth-order valence-electron chi connectivity index (χ4n) is 2.44. The molecule has 0 aromatic heterocycles. The zero-order chi connectivity index (χ0) is 10.4. The van der Waals surface area contributed by atoms with Gasteiger partial charge in [-0.1, -0.05) is 12.1 Å². The van der Waals surface area contributed by atoms with Crippen LogP contribution in [0.4, 0.5) is 5.69 Å². The molecule has 2 heterocycles. The van der Waals surface area contributed by atoms with Gasteiger partial charge in [0.2, 0.25) is 0 Å². The first-order chi connectivity index (χ1) is 7.27. The van der Waals surface area contributed by atoms with Crippen molar-refractivity contribution in [3.63, 3.8) is 0 Å². The van der Waals surface area contributed by atoms with Gasteiger partial charge in [-0.2, -0.15) is 0 Å². The van der Waals surface area contributed by atoms with Crippen LogP contribution in [-0.2, 0) is 6.54 Å². The van der Waals surface area contributed by atoms with Gasteiger partial charge in [0.1, 0.15) is 0 Å². The quantitative estimate of drug-likeness (QED) is 0.647. The SMILES string of the molecule is Nc1cccc2c1CN1CSC[C@@H]1C2O. The van der Waals surface area contributed by atoms with Crippen molar-refractivity contribution in [2.24, 2.45) is 0 Å². The first-order valence-electron chi connectivity index (χ1n) is 5.14. The van der Waals surface area contributed by atoms with Crippen LogP contribution < -0.4 is 5.73 Å². The van der Waals surface area contributed by atoms with Gasteiger partial charge in [-0.05, 0) is 17.2 Å². The van der Waals surface area contributed by atoms with Crippen molar-refractivity contribution in [3.05, 3.63) is 29.3 Å². The molecule has 1 aromatic rings. The maximum atomic E-state index is 10.2. The van der Waals surface area contributed by atoms with E-state index in [-0.39, 0.29) is 12.1 Å². The Hall–Kier alpha value is -0.710. The molecule has 1 saturated heterocycles. The second kappa shape index (κ2) is 3.40. The molecule has 0 spiro atoms. The average molecular weight is 222 g/mol. The van der Waals surface area contributed by atoms with E-state index in [1.54, 1.807) is 0 Å². The second-order valence-electron chi connectivity index (χ2n) is 4.17. The number of fused-ring (bicyclic) bond motifs is 2. The first kappa shape index (κ1) is 9.51. The van der Waals surface area contributed by atoms with Crippen LogP contribution in [0.5, 0.6) is 0 Å². The predicted octanol–water partition coefficient (Wildman–Crippen LogP) is 1.19. The molecule has 2 aliphatic heterocycles. The summed E-state index contributed by atoms with van der Waals surface area (Å²) in [6, 6.07) is 6.12. The first-order valence-corrected chi connectivity index (χ1v) is 6.30. The van der Waals surface area contributed by atoms with Gasteiger partial charge in [0.15, 0.2) is 0 Å². The lowest BCUT2D eigenvalue weighted by Gasteiger charge is -2.35. The van der Waals surface area contributed by atoms with Crippen molar-refractivity contribution in [1.82, 2.24) is 4.90 Å². The molecule has 2 aliphatic rings. The number of thioether (sulfide) groups is 1. The summed E-state index contributed by atoms with van der Waals surface area (Å²) < 4.78 is 0. The van der Waals surface area contributed by atoms with Crippen molar-refractivity contribution in [2.75, 3.05) is 17.4 Å². The highest BCUT2D eigenvalue weighted by molar-refractivity contribution is 7.99. The summed E-state index contributed by atoms with van der Waals surface area (Å²) in [5.74, 6) is 2.03. The molecule has 0 amide bonds. The largest absolute Gasteiger partial charge is 0.398 e. The van der Waals surface area contributed by atoms with E-state index in [2.05, 4.69) is 4.90 Å². The normalized spacial score (nSPS) is 29.9. The van der Waals surface area contributed by atoms with Crippen LogP contribution in [0.1, 0.15) is 17.2 Å². The number of hydrogen-bond acceptors (Lipinski definition) is 4. The van der Waals surface area contributed by atoms with Gasteiger partial charge in [0, 0.05) is 23.9 Å². The van der Waals surface area contributed by atoms with E-state index < -0.39 is 0 Å². The Balaban J connectivity index is 2.08. The second-order valence-corrected chi connectivity index (χ2v) is 5.17. The van der Waals surface area contributed by atoms with Gasteiger partial charge < -0.3 is 10.8 Å². The zero-order valence-corrected chi connectivity index (χ0v) is 9.20. The highest BCUT2D eigenvalue weighted by Crippen LogP contribution is 2.39. The lowest BCUT2D eigenvalue weighted by molar-refractivity contribution is 0.0591. The summed E-state index contributed by atoms with van der Waals surface area (Å²) in [5.41, 5.74) is 8.89. The Kier molecular flexibility index (Phi) is 2.16. The number of aliphatic hydroxyl groups excluding tert-OH is 1. The molecular weight excluding hydrogens is 208 g/mol. The number of benzene rings is 1. The molecule has 0 aliphatic carbocycles. The summed E-state index contributed by atoms with van der Waals surface area (Å²) in [7, 11) is 0. The summed E-state index contributed by atoms with van der Waals surface area (Å²) in [5, 5.41) is 10.2. The molecule has 1 unspecified atom stereocenters. The molecular formula is C11H14N2OS. The monoisotopic (exact) mass is 222 g/mol. The Morgan fingerprint density at radius 3 is 3.20 bits per heavy atom. The van der Waals surface area contributed by atoms with E-state index >= 15 is 0 Å². The van der Waals surface area contributed by atoms with Crippen molar-refractivity contribution in [1.29, 1.82) is 0 Å². The van der Waals surface area contributed by atoms with Crippen molar-refractivity contribution in [3.8, 4) is 0 Å². The van der Waals surface area contributed by atoms with Gasteiger partial charge in [-0.3, -0.25) is 4.90 Å². The lowest BCUT2D eigenvalue weighted by atomic mass is 9.91. The smallest absolute Gasteiger partial charge is 0.0957 e. The molecule has 1 fully saturated rings. The molecule has 15 heavy (non-hydrogen) atoms. The van der Waals surface area contributed by atoms with Crippen LogP contribution in [0.25, 0.3) is 0 Å². The standard InChI is InChI=1S/C11H14N2OS/c12-9-3-1-2-7-8(9)4-13-6-15-5-10(13)11(7)14/h1-3,10-11,14H,4-6,12H2/t10-,11?/m1/s1. The fourth-order valence-corrected chi connectivity index (χ4v) is 3.70. The predicted molar refractivity (Wildman–Crippen MR) is 62.5 cm³/mol. The van der Waals surface area contributed by atoms with E-state index in [1.165, 1.54) is 0 Å². The Morgan fingerprint density at radius 2 is 2.33 bits per heavy atom. The van der Waals surface area contributed by atoms with Crippen LogP contribution in [0, 0.1) is 0 Å². The van der Waals surface area contributed by atoms with E-state index in [9.17, 15) is 5.11 Å². The summed E-state index contributed by atoms with van der Waals surface area (Å²) in [6.07, 6.45) is -0.368. The molecule has 0 bridgehead atoms. The maximum Gasteiger partial charge on any atom is 0.0957 e. The van der Waals surface area contributed by atoms with Gasteiger partial charge >= 0.3 is 0 Å². The van der Waals surface area contributed by atoms with Crippen molar-refractivity contribution < 1.29 is 5.11 Å². The van der Waals surface area contributed by atoms with Crippen LogP contribution in [0.3, 0.4) is 0 Å². The Bertz CT molecular complexity index is 396. The number of nitrogen functional groups attached to an aromatic ring is 1. The molecule has 2 atom stereocenters. The minimum absolute atomic E-state index is 0.282. The summed E-state index contributed by atoms with van der Waals surface area (Å²) >= 11 is 1.88. The maximum absolute atomic E-state index is 10.2. The van der Waals surface area contributed by atoms with Gasteiger partial charge in [0.05, 0.1) is 12.1 Å². The molecule has 80 valence electrons. The van der Waals surface area contributed by atoms with E-state index in [1.807, 2.05) is 30.0 Å². The van der Waals surface area contributed by atoms with Crippen molar-refractivity contribution >= 4 is 17.4 Å². The highest BCUT2D eigenvalue weighted by atomic mass is 32.2. The van der Waals surface area contributed by atoms with E-state index in [0.717, 1.165) is 35.0 Å². The number of nitrogens with two attached hydrogens (primary N) is 1. The van der Waals surface area contributed by atoms with Crippen LogP contribution in [0.2, 0.25) is 0 Å². The summed E-state index contributed by atoms with van der Waals surface area (Å²) in [6.45, 7) is 0.886. The third-order valence-corrected chi connectivity index (χ3v) is 4.40. The molecule has 1 aromatic carbocycles.